The van der Waals surface area contributed by atoms with Gasteiger partial charge >= 0.3 is 0 Å². The lowest BCUT2D eigenvalue weighted by molar-refractivity contribution is 0.0713. The highest BCUT2D eigenvalue weighted by Crippen LogP contribution is 2.18. The van der Waals surface area contributed by atoms with Crippen molar-refractivity contribution in [2.24, 2.45) is 0 Å². The van der Waals surface area contributed by atoms with Crippen LogP contribution >= 0.6 is 0 Å². The molecule has 0 aliphatic carbocycles. The highest BCUT2D eigenvalue weighted by atomic mass is 19.1. The summed E-state index contributed by atoms with van der Waals surface area (Å²) in [6, 6.07) is 4.50. The predicted octanol–water partition coefficient (Wildman–Crippen LogP) is 2.55. The van der Waals surface area contributed by atoms with Crippen molar-refractivity contribution in [3.8, 4) is 5.75 Å². The number of aryl methyl sites for hydroxylation is 1. The first-order chi connectivity index (χ1) is 6.63. The van der Waals surface area contributed by atoms with Crippen molar-refractivity contribution in [3.63, 3.8) is 0 Å². The maximum Gasteiger partial charge on any atom is 0.126 e. The molecule has 0 fully saturated rings. The maximum absolute atomic E-state index is 12.8. The molecule has 0 bridgehead atoms. The molecule has 0 aliphatic heterocycles. The molecular formula is C11H15FO2. The van der Waals surface area contributed by atoms with E-state index in [0.29, 0.717) is 12.4 Å². The van der Waals surface area contributed by atoms with Crippen LogP contribution in [-0.4, -0.2) is 19.8 Å². The average Bonchev–Trinajstić information content (AvgIpc) is 2.19. The summed E-state index contributed by atoms with van der Waals surface area (Å²) in [5.41, 5.74) is 0.926. The first-order valence-corrected chi connectivity index (χ1v) is 4.55. The summed E-state index contributed by atoms with van der Waals surface area (Å²) in [6.07, 6.45) is 0.0117. The Balaban J connectivity index is 2.62. The van der Waals surface area contributed by atoms with Crippen LogP contribution in [0, 0.1) is 12.7 Å². The number of hydrogen-bond acceptors (Lipinski definition) is 2. The minimum Gasteiger partial charge on any atom is -0.491 e. The van der Waals surface area contributed by atoms with Gasteiger partial charge in [0.15, 0.2) is 0 Å². The molecule has 0 aromatic heterocycles. The van der Waals surface area contributed by atoms with E-state index in [1.165, 1.54) is 12.1 Å². The SMILES string of the molecule is COC(C)COc1cc(F)ccc1C. The van der Waals surface area contributed by atoms with Gasteiger partial charge in [0.25, 0.3) is 0 Å². The van der Waals surface area contributed by atoms with Crippen LogP contribution < -0.4 is 4.74 Å². The fourth-order valence-corrected chi connectivity index (χ4v) is 1.00. The van der Waals surface area contributed by atoms with Crippen LogP contribution in [0.5, 0.6) is 5.75 Å². The Hall–Kier alpha value is -1.09. The van der Waals surface area contributed by atoms with E-state index in [1.807, 2.05) is 13.8 Å². The molecular weight excluding hydrogens is 183 g/mol. The molecule has 14 heavy (non-hydrogen) atoms. The summed E-state index contributed by atoms with van der Waals surface area (Å²) >= 11 is 0. The van der Waals surface area contributed by atoms with Crippen LogP contribution in [-0.2, 0) is 4.74 Å². The number of hydrogen-bond donors (Lipinski definition) is 0. The molecule has 0 aliphatic rings. The van der Waals surface area contributed by atoms with Crippen LogP contribution in [0.15, 0.2) is 18.2 Å². The zero-order chi connectivity index (χ0) is 10.6. The highest BCUT2D eigenvalue weighted by molar-refractivity contribution is 5.32. The number of methoxy groups -OCH3 is 1. The van der Waals surface area contributed by atoms with E-state index in [4.69, 9.17) is 9.47 Å². The topological polar surface area (TPSA) is 18.5 Å². The van der Waals surface area contributed by atoms with Crippen LogP contribution in [0.2, 0.25) is 0 Å². The number of benzene rings is 1. The molecule has 1 atom stereocenters. The van der Waals surface area contributed by atoms with Crippen molar-refractivity contribution in [2.75, 3.05) is 13.7 Å². The van der Waals surface area contributed by atoms with Crippen molar-refractivity contribution in [3.05, 3.63) is 29.6 Å². The average molecular weight is 198 g/mol. The number of ether oxygens (including phenoxy) is 2. The molecule has 1 unspecified atom stereocenters. The van der Waals surface area contributed by atoms with E-state index in [1.54, 1.807) is 13.2 Å². The molecule has 0 radical (unpaired) electrons. The maximum atomic E-state index is 12.8. The smallest absolute Gasteiger partial charge is 0.126 e. The van der Waals surface area contributed by atoms with Crippen molar-refractivity contribution < 1.29 is 13.9 Å². The van der Waals surface area contributed by atoms with Crippen molar-refractivity contribution >= 4 is 0 Å². The van der Waals surface area contributed by atoms with E-state index in [0.717, 1.165) is 5.56 Å². The first kappa shape index (κ1) is 11.0. The quantitative estimate of drug-likeness (QED) is 0.740. The summed E-state index contributed by atoms with van der Waals surface area (Å²) in [7, 11) is 1.62. The standard InChI is InChI=1S/C11H15FO2/c1-8-4-5-10(12)6-11(8)14-7-9(2)13-3/h4-6,9H,7H2,1-3H3. The molecule has 78 valence electrons. The lowest BCUT2D eigenvalue weighted by Crippen LogP contribution is -2.16. The Morgan fingerprint density at radius 1 is 1.43 bits per heavy atom. The van der Waals surface area contributed by atoms with E-state index in [9.17, 15) is 4.39 Å². The molecule has 0 N–H and O–H groups in total. The minimum atomic E-state index is -0.282. The molecule has 0 spiro atoms. The summed E-state index contributed by atoms with van der Waals surface area (Å²) in [5, 5.41) is 0. The van der Waals surface area contributed by atoms with Gasteiger partial charge in [-0.2, -0.15) is 0 Å². The largest absolute Gasteiger partial charge is 0.491 e. The van der Waals surface area contributed by atoms with E-state index >= 15 is 0 Å². The molecule has 0 saturated carbocycles. The fraction of sp³-hybridized carbons (Fsp3) is 0.455. The Labute approximate surface area is 83.6 Å². The van der Waals surface area contributed by atoms with Gasteiger partial charge in [0, 0.05) is 13.2 Å². The molecule has 0 amide bonds. The van der Waals surface area contributed by atoms with Crippen molar-refractivity contribution in [1.82, 2.24) is 0 Å². The lowest BCUT2D eigenvalue weighted by Gasteiger charge is -2.13. The van der Waals surface area contributed by atoms with E-state index < -0.39 is 0 Å². The minimum absolute atomic E-state index is 0.0117. The summed E-state index contributed by atoms with van der Waals surface area (Å²) in [4.78, 5) is 0. The highest BCUT2D eigenvalue weighted by Gasteiger charge is 2.04. The fourth-order valence-electron chi connectivity index (χ4n) is 1.00. The van der Waals surface area contributed by atoms with Crippen LogP contribution in [0.4, 0.5) is 4.39 Å². The normalized spacial score (nSPS) is 12.6. The zero-order valence-corrected chi connectivity index (χ0v) is 8.71. The molecule has 2 nitrogen and oxygen atoms in total. The second kappa shape index (κ2) is 4.96. The molecule has 1 aromatic carbocycles. The van der Waals surface area contributed by atoms with Gasteiger partial charge < -0.3 is 9.47 Å². The Morgan fingerprint density at radius 3 is 2.79 bits per heavy atom. The molecule has 1 aromatic rings. The molecule has 3 heteroatoms. The monoisotopic (exact) mass is 198 g/mol. The third kappa shape index (κ3) is 3.00. The van der Waals surface area contributed by atoms with Gasteiger partial charge in [-0.25, -0.2) is 4.39 Å². The van der Waals surface area contributed by atoms with Gasteiger partial charge in [0.2, 0.25) is 0 Å². The summed E-state index contributed by atoms with van der Waals surface area (Å²) in [6.45, 7) is 4.21. The first-order valence-electron chi connectivity index (χ1n) is 4.55. The van der Waals surface area contributed by atoms with Crippen molar-refractivity contribution in [1.29, 1.82) is 0 Å². The molecule has 0 heterocycles. The Morgan fingerprint density at radius 2 is 2.14 bits per heavy atom. The number of halogens is 1. The van der Waals surface area contributed by atoms with Gasteiger partial charge in [-0.05, 0) is 25.5 Å². The predicted molar refractivity (Wildman–Crippen MR) is 53.1 cm³/mol. The van der Waals surface area contributed by atoms with Gasteiger partial charge in [-0.15, -0.1) is 0 Å². The third-order valence-corrected chi connectivity index (χ3v) is 2.03. The second-order valence-corrected chi connectivity index (χ2v) is 3.27. The van der Waals surface area contributed by atoms with E-state index in [2.05, 4.69) is 0 Å². The van der Waals surface area contributed by atoms with Gasteiger partial charge in [0.05, 0.1) is 6.10 Å². The third-order valence-electron chi connectivity index (χ3n) is 2.03. The van der Waals surface area contributed by atoms with Gasteiger partial charge in [-0.1, -0.05) is 6.07 Å². The summed E-state index contributed by atoms with van der Waals surface area (Å²) in [5.74, 6) is 0.296. The van der Waals surface area contributed by atoms with Crippen LogP contribution in [0.1, 0.15) is 12.5 Å². The van der Waals surface area contributed by atoms with Crippen molar-refractivity contribution in [2.45, 2.75) is 20.0 Å². The summed E-state index contributed by atoms with van der Waals surface area (Å²) < 4.78 is 23.3. The van der Waals surface area contributed by atoms with Gasteiger partial charge in [0.1, 0.15) is 18.2 Å². The second-order valence-electron chi connectivity index (χ2n) is 3.27. The molecule has 1 rings (SSSR count). The molecule has 0 saturated heterocycles. The van der Waals surface area contributed by atoms with Crippen LogP contribution in [0.3, 0.4) is 0 Å². The Kier molecular flexibility index (Phi) is 3.89. The van der Waals surface area contributed by atoms with Crippen LogP contribution in [0.25, 0.3) is 0 Å². The lowest BCUT2D eigenvalue weighted by atomic mass is 10.2. The Bertz CT molecular complexity index is 299. The zero-order valence-electron chi connectivity index (χ0n) is 8.71. The van der Waals surface area contributed by atoms with E-state index in [-0.39, 0.29) is 11.9 Å². The van der Waals surface area contributed by atoms with Gasteiger partial charge in [-0.3, -0.25) is 0 Å². The number of rotatable bonds is 4.